The molecule has 0 atom stereocenters. The van der Waals surface area contributed by atoms with Gasteiger partial charge >= 0.3 is 0 Å². The molecule has 0 aliphatic rings. The van der Waals surface area contributed by atoms with E-state index in [0.29, 0.717) is 0 Å². The molecule has 1 nitrogen and oxygen atoms in total. The number of hydrogen-bond acceptors (Lipinski definition) is 2. The van der Waals surface area contributed by atoms with E-state index < -0.39 is 8.07 Å². The minimum absolute atomic E-state index is 0.764. The predicted octanol–water partition coefficient (Wildman–Crippen LogP) is 2.80. The van der Waals surface area contributed by atoms with E-state index in [9.17, 15) is 0 Å². The lowest BCUT2D eigenvalue weighted by Gasteiger charge is -2.14. The van der Waals surface area contributed by atoms with Crippen molar-refractivity contribution in [3.05, 3.63) is 0 Å². The van der Waals surface area contributed by atoms with Crippen molar-refractivity contribution in [2.24, 2.45) is 5.73 Å². The quantitative estimate of drug-likeness (QED) is 0.511. The Balaban J connectivity index is 3.01. The molecule has 3 heteroatoms. The molecule has 74 valence electrons. The first-order valence-electron chi connectivity index (χ1n) is 4.84. The van der Waals surface area contributed by atoms with Gasteiger partial charge in [0.1, 0.15) is 0 Å². The monoisotopic (exact) mass is 205 g/mol. The molecule has 0 heterocycles. The average Bonchev–Trinajstić information content (AvgIpc) is 1.94. The molecule has 0 aromatic carbocycles. The van der Waals surface area contributed by atoms with Gasteiger partial charge in [0.25, 0.3) is 0 Å². The molecule has 0 aliphatic heterocycles. The fourth-order valence-electron chi connectivity index (χ4n) is 0.992. The summed E-state index contributed by atoms with van der Waals surface area (Å²) < 4.78 is 0. The minimum Gasteiger partial charge on any atom is -0.330 e. The van der Waals surface area contributed by atoms with Gasteiger partial charge in [-0.1, -0.05) is 25.7 Å². The Bertz CT molecular complexity index is 101. The van der Waals surface area contributed by atoms with Crippen molar-refractivity contribution in [1.29, 1.82) is 0 Å². The molecule has 0 amide bonds. The lowest BCUT2D eigenvalue weighted by atomic mass is 10.5. The summed E-state index contributed by atoms with van der Waals surface area (Å²) in [6, 6.07) is 1.47. The number of rotatable bonds is 7. The average molecular weight is 205 g/mol. The Morgan fingerprint density at radius 3 is 2.17 bits per heavy atom. The molecule has 2 N–H and O–H groups in total. The Morgan fingerprint density at radius 2 is 1.67 bits per heavy atom. The third-order valence-electron chi connectivity index (χ3n) is 1.71. The number of hydrogen-bond donors (Lipinski definition) is 1. The van der Waals surface area contributed by atoms with Crippen molar-refractivity contribution in [2.45, 2.75) is 38.5 Å². The lowest BCUT2D eigenvalue weighted by Crippen LogP contribution is -2.18. The molecule has 0 bridgehead atoms. The van der Waals surface area contributed by atoms with E-state index >= 15 is 0 Å². The highest BCUT2D eigenvalue weighted by atomic mass is 32.2. The van der Waals surface area contributed by atoms with Crippen LogP contribution in [0.15, 0.2) is 0 Å². The molecule has 0 spiro atoms. The van der Waals surface area contributed by atoms with E-state index in [1.807, 2.05) is 0 Å². The summed E-state index contributed by atoms with van der Waals surface area (Å²) in [6.45, 7) is 8.17. The van der Waals surface area contributed by atoms with Crippen LogP contribution in [-0.4, -0.2) is 26.1 Å². The minimum atomic E-state index is -0.764. The summed E-state index contributed by atoms with van der Waals surface area (Å²) in [4.78, 5) is 0. The van der Waals surface area contributed by atoms with Crippen LogP contribution >= 0.6 is 11.8 Å². The van der Waals surface area contributed by atoms with E-state index in [2.05, 4.69) is 31.4 Å². The van der Waals surface area contributed by atoms with Gasteiger partial charge in [0, 0.05) is 8.07 Å². The second-order valence-corrected chi connectivity index (χ2v) is 11.3. The molecular weight excluding hydrogens is 182 g/mol. The van der Waals surface area contributed by atoms with Gasteiger partial charge in [-0.3, -0.25) is 0 Å². The zero-order valence-electron chi connectivity index (χ0n) is 8.73. The standard InChI is InChI=1S/C9H23NSSi/c1-12(2,3)9-5-8-11-7-4-6-10/h4-10H2,1-3H3. The van der Waals surface area contributed by atoms with Crippen LogP contribution in [0.5, 0.6) is 0 Å². The molecule has 0 fully saturated rings. The van der Waals surface area contributed by atoms with Gasteiger partial charge in [0.2, 0.25) is 0 Å². The van der Waals surface area contributed by atoms with Crippen molar-refractivity contribution in [2.75, 3.05) is 18.1 Å². The first-order valence-corrected chi connectivity index (χ1v) is 9.70. The van der Waals surface area contributed by atoms with Gasteiger partial charge in [0.15, 0.2) is 0 Å². The maximum Gasteiger partial charge on any atom is 0.0442 e. The van der Waals surface area contributed by atoms with Crippen LogP contribution in [0.2, 0.25) is 25.7 Å². The molecule has 0 aliphatic carbocycles. The van der Waals surface area contributed by atoms with Crippen LogP contribution in [0.3, 0.4) is 0 Å². The van der Waals surface area contributed by atoms with Crippen LogP contribution in [0, 0.1) is 0 Å². The largest absolute Gasteiger partial charge is 0.330 e. The van der Waals surface area contributed by atoms with Crippen LogP contribution in [0.1, 0.15) is 12.8 Å². The highest BCUT2D eigenvalue weighted by molar-refractivity contribution is 7.99. The van der Waals surface area contributed by atoms with Gasteiger partial charge < -0.3 is 5.73 Å². The van der Waals surface area contributed by atoms with Crippen LogP contribution in [-0.2, 0) is 0 Å². The van der Waals surface area contributed by atoms with Crippen molar-refractivity contribution >= 4 is 19.8 Å². The van der Waals surface area contributed by atoms with Crippen LogP contribution < -0.4 is 5.73 Å². The molecule has 0 saturated heterocycles. The van der Waals surface area contributed by atoms with Crippen molar-refractivity contribution in [3.63, 3.8) is 0 Å². The van der Waals surface area contributed by atoms with Crippen molar-refractivity contribution in [3.8, 4) is 0 Å². The highest BCUT2D eigenvalue weighted by Crippen LogP contribution is 2.14. The predicted molar refractivity (Wildman–Crippen MR) is 63.8 cm³/mol. The summed E-state index contributed by atoms with van der Waals surface area (Å²) in [5, 5.41) is 0. The summed E-state index contributed by atoms with van der Waals surface area (Å²) >= 11 is 2.06. The van der Waals surface area contributed by atoms with E-state index in [-0.39, 0.29) is 0 Å². The Kier molecular flexibility index (Phi) is 7.29. The summed E-state index contributed by atoms with van der Waals surface area (Å²) in [7, 11) is -0.764. The van der Waals surface area contributed by atoms with Crippen LogP contribution in [0.4, 0.5) is 0 Å². The van der Waals surface area contributed by atoms with Crippen molar-refractivity contribution in [1.82, 2.24) is 0 Å². The summed E-state index contributed by atoms with van der Waals surface area (Å²) in [5.41, 5.74) is 5.41. The summed E-state index contributed by atoms with van der Waals surface area (Å²) in [5.74, 6) is 2.59. The molecule has 12 heavy (non-hydrogen) atoms. The van der Waals surface area contributed by atoms with Gasteiger partial charge in [-0.05, 0) is 30.9 Å². The molecule has 0 aromatic heterocycles. The van der Waals surface area contributed by atoms with E-state index in [0.717, 1.165) is 6.54 Å². The molecule has 0 unspecified atom stereocenters. The van der Waals surface area contributed by atoms with Gasteiger partial charge in [-0.2, -0.15) is 11.8 Å². The topological polar surface area (TPSA) is 26.0 Å². The Labute approximate surface area is 82.5 Å². The Morgan fingerprint density at radius 1 is 1.08 bits per heavy atom. The molecule has 0 saturated carbocycles. The Hall–Kier alpha value is 0.527. The summed E-state index contributed by atoms with van der Waals surface area (Å²) in [6.07, 6.45) is 2.59. The number of nitrogens with two attached hydrogens (primary N) is 1. The third kappa shape index (κ3) is 10.5. The van der Waals surface area contributed by atoms with E-state index in [1.54, 1.807) is 0 Å². The van der Waals surface area contributed by atoms with E-state index in [1.165, 1.54) is 30.4 Å². The second kappa shape index (κ2) is 6.98. The van der Waals surface area contributed by atoms with Gasteiger partial charge in [-0.25, -0.2) is 0 Å². The zero-order valence-corrected chi connectivity index (χ0v) is 10.5. The third-order valence-corrected chi connectivity index (χ3v) is 4.72. The molecular formula is C9H23NSSi. The van der Waals surface area contributed by atoms with Gasteiger partial charge in [0.05, 0.1) is 0 Å². The maximum absolute atomic E-state index is 5.41. The molecule has 0 radical (unpaired) electrons. The van der Waals surface area contributed by atoms with E-state index in [4.69, 9.17) is 5.73 Å². The lowest BCUT2D eigenvalue weighted by molar-refractivity contribution is 0.940. The fourth-order valence-corrected chi connectivity index (χ4v) is 3.41. The van der Waals surface area contributed by atoms with Crippen molar-refractivity contribution < 1.29 is 0 Å². The zero-order chi connectivity index (χ0) is 9.45. The normalized spacial score (nSPS) is 12.0. The first kappa shape index (κ1) is 12.5. The maximum atomic E-state index is 5.41. The fraction of sp³-hybridized carbons (Fsp3) is 1.00. The first-order chi connectivity index (χ1) is 5.56. The van der Waals surface area contributed by atoms with Crippen LogP contribution in [0.25, 0.3) is 0 Å². The smallest absolute Gasteiger partial charge is 0.0442 e. The molecule has 0 aromatic rings. The van der Waals surface area contributed by atoms with Gasteiger partial charge in [-0.15, -0.1) is 0 Å². The highest BCUT2D eigenvalue weighted by Gasteiger charge is 2.11. The molecule has 0 rings (SSSR count). The SMILES string of the molecule is C[Si](C)(C)CCCSCCCN. The second-order valence-electron chi connectivity index (χ2n) is 4.42. The number of thioether (sulfide) groups is 1.